The van der Waals surface area contributed by atoms with E-state index in [1.807, 2.05) is 34.6 Å². The maximum Gasteiger partial charge on any atom is 0.303 e. The highest BCUT2D eigenvalue weighted by molar-refractivity contribution is 5.83. The third-order valence-electron chi connectivity index (χ3n) is 4.87. The Kier molecular flexibility index (Phi) is 9.57. The number of ether oxygens (including phenoxy) is 4. The van der Waals surface area contributed by atoms with Gasteiger partial charge in [0.15, 0.2) is 12.4 Å². The minimum atomic E-state index is -0.661. The molecule has 7 nitrogen and oxygen atoms in total. The fourth-order valence-corrected chi connectivity index (χ4v) is 3.22. The zero-order chi connectivity index (χ0) is 21.5. The van der Waals surface area contributed by atoms with E-state index >= 15 is 0 Å². The van der Waals surface area contributed by atoms with Crippen molar-refractivity contribution in [2.45, 2.75) is 98.8 Å². The minimum Gasteiger partial charge on any atom is -0.458 e. The molecule has 28 heavy (non-hydrogen) atoms. The molecule has 1 saturated heterocycles. The van der Waals surface area contributed by atoms with Gasteiger partial charge in [-0.3, -0.25) is 14.4 Å². The summed E-state index contributed by atoms with van der Waals surface area (Å²) < 4.78 is 22.7. The first kappa shape index (κ1) is 24.6. The molecule has 162 valence electrons. The molecule has 1 aliphatic rings. The molecule has 0 aromatic heterocycles. The first-order valence-electron chi connectivity index (χ1n) is 10.1. The predicted octanol–water partition coefficient (Wildman–Crippen LogP) is 3.42. The number of unbranched alkanes of at least 4 members (excludes halogenated alkanes) is 1. The summed E-state index contributed by atoms with van der Waals surface area (Å²) in [4.78, 5) is 35.0. The lowest BCUT2D eigenvalue weighted by Crippen LogP contribution is -2.57. The van der Waals surface area contributed by atoms with E-state index in [1.165, 1.54) is 13.8 Å². The van der Waals surface area contributed by atoms with Gasteiger partial charge in [0.25, 0.3) is 0 Å². The van der Waals surface area contributed by atoms with Gasteiger partial charge in [-0.05, 0) is 19.3 Å². The Morgan fingerprint density at radius 1 is 0.964 bits per heavy atom. The van der Waals surface area contributed by atoms with Crippen molar-refractivity contribution in [1.29, 1.82) is 0 Å². The van der Waals surface area contributed by atoms with Gasteiger partial charge in [0.2, 0.25) is 0 Å². The third kappa shape index (κ3) is 7.51. The van der Waals surface area contributed by atoms with Gasteiger partial charge in [-0.1, -0.05) is 34.6 Å². The maximum atomic E-state index is 12.0. The summed E-state index contributed by atoms with van der Waals surface area (Å²) in [5, 5.41) is 0. The summed E-state index contributed by atoms with van der Waals surface area (Å²) in [6, 6.07) is 0. The maximum absolute atomic E-state index is 12.0. The molecule has 1 heterocycles. The van der Waals surface area contributed by atoms with Gasteiger partial charge in [-0.2, -0.15) is 0 Å². The monoisotopic (exact) mass is 400 g/mol. The first-order valence-corrected chi connectivity index (χ1v) is 10.1. The molecule has 5 atom stereocenters. The average molecular weight is 401 g/mol. The van der Waals surface area contributed by atoms with Crippen molar-refractivity contribution in [3.63, 3.8) is 0 Å². The fraction of sp³-hybridized carbons (Fsp3) is 0.857. The van der Waals surface area contributed by atoms with Gasteiger partial charge in [-0.15, -0.1) is 0 Å². The van der Waals surface area contributed by atoms with E-state index in [9.17, 15) is 14.4 Å². The normalized spacial score (nSPS) is 27.9. The molecule has 0 aromatic carbocycles. The lowest BCUT2D eigenvalue weighted by molar-refractivity contribution is -0.283. The summed E-state index contributed by atoms with van der Waals surface area (Å²) in [5.41, 5.74) is -0.320. The van der Waals surface area contributed by atoms with Gasteiger partial charge < -0.3 is 18.9 Å². The van der Waals surface area contributed by atoms with Gasteiger partial charge in [0, 0.05) is 38.2 Å². The third-order valence-corrected chi connectivity index (χ3v) is 4.87. The van der Waals surface area contributed by atoms with Crippen LogP contribution in [0.15, 0.2) is 0 Å². The number of Topliss-reactive ketones (excluding diaryl/α,β-unsaturated/α-hetero) is 1. The highest BCUT2D eigenvalue weighted by Crippen LogP contribution is 2.32. The van der Waals surface area contributed by atoms with Crippen LogP contribution in [0.2, 0.25) is 0 Å². The summed E-state index contributed by atoms with van der Waals surface area (Å²) >= 11 is 0. The van der Waals surface area contributed by atoms with Crippen molar-refractivity contribution in [2.24, 2.45) is 11.3 Å². The number of ketones is 1. The molecule has 0 amide bonds. The quantitative estimate of drug-likeness (QED) is 0.433. The Hall–Kier alpha value is -1.47. The van der Waals surface area contributed by atoms with Crippen LogP contribution in [-0.2, 0) is 33.3 Å². The molecule has 0 aromatic rings. The molecule has 1 fully saturated rings. The number of carbonyl (C=O) groups excluding carboxylic acids is 3. The van der Waals surface area contributed by atoms with Crippen LogP contribution in [0.1, 0.15) is 74.1 Å². The summed E-state index contributed by atoms with van der Waals surface area (Å²) in [5.74, 6) is -0.947. The molecule has 0 bridgehead atoms. The number of rotatable bonds is 9. The van der Waals surface area contributed by atoms with E-state index in [2.05, 4.69) is 0 Å². The lowest BCUT2D eigenvalue weighted by atomic mass is 9.88. The largest absolute Gasteiger partial charge is 0.458 e. The van der Waals surface area contributed by atoms with Crippen LogP contribution in [0, 0.1) is 11.3 Å². The van der Waals surface area contributed by atoms with E-state index in [0.29, 0.717) is 19.4 Å². The van der Waals surface area contributed by atoms with E-state index < -0.39 is 36.5 Å². The molecular weight excluding hydrogens is 364 g/mol. The van der Waals surface area contributed by atoms with Crippen LogP contribution in [0.25, 0.3) is 0 Å². The standard InChI is InChI=1S/C21H36O7/c1-8-16-19(27-15(4)23)18(26-14(3)22)13(2)20(28-16)25-12-10-9-11-17(24)21(5,6)7/h13,16,18-20H,8-12H2,1-7H3/t13-,16-,18-,19+,20-/m1/s1. The Labute approximate surface area is 168 Å². The topological polar surface area (TPSA) is 88.1 Å². The van der Waals surface area contributed by atoms with Crippen molar-refractivity contribution in [1.82, 2.24) is 0 Å². The molecule has 1 aliphatic heterocycles. The summed E-state index contributed by atoms with van der Waals surface area (Å²) in [6.45, 7) is 12.6. The van der Waals surface area contributed by atoms with Crippen molar-refractivity contribution in [3.05, 3.63) is 0 Å². The average Bonchev–Trinajstić information content (AvgIpc) is 2.57. The molecule has 0 unspecified atom stereocenters. The van der Waals surface area contributed by atoms with Crippen molar-refractivity contribution in [2.75, 3.05) is 6.61 Å². The summed E-state index contributed by atoms with van der Waals surface area (Å²) in [7, 11) is 0. The van der Waals surface area contributed by atoms with Gasteiger partial charge >= 0.3 is 11.9 Å². The molecular formula is C21H36O7. The number of hydrogen-bond donors (Lipinski definition) is 0. The highest BCUT2D eigenvalue weighted by atomic mass is 16.7. The van der Waals surface area contributed by atoms with Crippen molar-refractivity contribution < 1.29 is 33.3 Å². The zero-order valence-corrected chi connectivity index (χ0v) is 18.3. The van der Waals surface area contributed by atoms with Crippen LogP contribution >= 0.6 is 0 Å². The first-order chi connectivity index (χ1) is 13.0. The zero-order valence-electron chi connectivity index (χ0n) is 18.3. The molecule has 7 heteroatoms. The van der Waals surface area contributed by atoms with Crippen molar-refractivity contribution in [3.8, 4) is 0 Å². The van der Waals surface area contributed by atoms with Crippen LogP contribution in [-0.4, -0.2) is 48.9 Å². The highest BCUT2D eigenvalue weighted by Gasteiger charge is 2.47. The molecule has 1 rings (SSSR count). The molecule has 0 aliphatic carbocycles. The second kappa shape index (κ2) is 10.9. The molecule has 0 spiro atoms. The Balaban J connectivity index is 2.65. The van der Waals surface area contributed by atoms with Gasteiger partial charge in [0.05, 0.1) is 0 Å². The summed E-state index contributed by atoms with van der Waals surface area (Å²) in [6.07, 6.45) is 0.308. The number of hydrogen-bond acceptors (Lipinski definition) is 7. The van der Waals surface area contributed by atoms with Gasteiger partial charge in [-0.25, -0.2) is 0 Å². The van der Waals surface area contributed by atoms with Gasteiger partial charge in [0.1, 0.15) is 18.0 Å². The van der Waals surface area contributed by atoms with E-state index in [0.717, 1.165) is 12.8 Å². The van der Waals surface area contributed by atoms with Crippen LogP contribution in [0.5, 0.6) is 0 Å². The van der Waals surface area contributed by atoms with E-state index in [1.54, 1.807) is 0 Å². The van der Waals surface area contributed by atoms with Crippen LogP contribution < -0.4 is 0 Å². The van der Waals surface area contributed by atoms with Crippen molar-refractivity contribution >= 4 is 17.7 Å². The molecule has 0 radical (unpaired) electrons. The van der Waals surface area contributed by atoms with E-state index in [-0.39, 0.29) is 17.1 Å². The Bertz CT molecular complexity index is 537. The predicted molar refractivity (Wildman–Crippen MR) is 103 cm³/mol. The Morgan fingerprint density at radius 2 is 1.54 bits per heavy atom. The minimum absolute atomic E-state index is 0.236. The second-order valence-corrected chi connectivity index (χ2v) is 8.46. The number of carbonyl (C=O) groups is 3. The SMILES string of the molecule is CC[C@H]1O[C@@H](OCCCCC(=O)C(C)(C)C)[C@H](C)[C@@H](OC(C)=O)[C@H]1OC(C)=O. The number of esters is 2. The van der Waals surface area contributed by atoms with Crippen LogP contribution in [0.4, 0.5) is 0 Å². The second-order valence-electron chi connectivity index (χ2n) is 8.46. The fourth-order valence-electron chi connectivity index (χ4n) is 3.22. The molecule has 0 saturated carbocycles. The Morgan fingerprint density at radius 3 is 2.04 bits per heavy atom. The van der Waals surface area contributed by atoms with E-state index in [4.69, 9.17) is 18.9 Å². The lowest BCUT2D eigenvalue weighted by Gasteiger charge is -2.44. The molecule has 0 N–H and O–H groups in total. The van der Waals surface area contributed by atoms with Crippen LogP contribution in [0.3, 0.4) is 0 Å². The smallest absolute Gasteiger partial charge is 0.303 e.